The van der Waals surface area contributed by atoms with Crippen molar-refractivity contribution in [3.63, 3.8) is 0 Å². The Morgan fingerprint density at radius 2 is 1.67 bits per heavy atom. The normalized spacial score (nSPS) is 16.0. The predicted molar refractivity (Wildman–Crippen MR) is 241 cm³/mol. The molecule has 3 aromatic heterocycles. The van der Waals surface area contributed by atoms with E-state index < -0.39 is 14.2 Å². The summed E-state index contributed by atoms with van der Waals surface area (Å²) < 4.78 is 15.6. The molecule has 0 aliphatic carbocycles. The van der Waals surface area contributed by atoms with Crippen molar-refractivity contribution in [2.45, 2.75) is 64.8 Å². The maximum Gasteiger partial charge on any atom is 0.284 e. The quantitative estimate of drug-likeness (QED) is 0.132. The second kappa shape index (κ2) is 16.6. The third-order valence-electron chi connectivity index (χ3n) is 12.6. The van der Waals surface area contributed by atoms with Crippen LogP contribution in [0.1, 0.15) is 64.3 Å². The molecule has 314 valence electrons. The molecule has 0 spiro atoms. The van der Waals surface area contributed by atoms with Crippen LogP contribution >= 0.6 is 11.6 Å². The van der Waals surface area contributed by atoms with E-state index in [2.05, 4.69) is 62.0 Å². The van der Waals surface area contributed by atoms with E-state index in [4.69, 9.17) is 25.9 Å². The maximum absolute atomic E-state index is 15.3. The lowest BCUT2D eigenvalue weighted by atomic mass is 9.93. The molecule has 6 aromatic rings. The van der Waals surface area contributed by atoms with Crippen LogP contribution in [0.3, 0.4) is 0 Å². The molecule has 0 N–H and O–H groups in total. The zero-order valence-electron chi connectivity index (χ0n) is 35.8. The van der Waals surface area contributed by atoms with Gasteiger partial charge >= 0.3 is 0 Å². The number of rotatable bonds is 9. The molecule has 1 saturated heterocycles. The highest BCUT2D eigenvalue weighted by molar-refractivity contribution is 6.74. The third kappa shape index (κ3) is 8.09. The molecule has 2 amide bonds. The zero-order chi connectivity index (χ0) is 43.2. The summed E-state index contributed by atoms with van der Waals surface area (Å²) in [6, 6.07) is 28.7. The summed E-state index contributed by atoms with van der Waals surface area (Å²) in [6.45, 7) is 16.9. The van der Waals surface area contributed by atoms with Crippen LogP contribution in [0.25, 0.3) is 16.6 Å². The van der Waals surface area contributed by atoms with Crippen LogP contribution in [-0.4, -0.2) is 88.2 Å². The number of nitrogens with zero attached hydrogens (tertiary/aromatic N) is 8. The summed E-state index contributed by atoms with van der Waals surface area (Å²) in [6.07, 6.45) is 2.19. The number of halogens is 1. The van der Waals surface area contributed by atoms with Crippen molar-refractivity contribution in [1.82, 2.24) is 29.1 Å². The number of anilines is 2. The Bertz CT molecular complexity index is 2670. The van der Waals surface area contributed by atoms with Gasteiger partial charge in [-0.15, -0.1) is 0 Å². The highest BCUT2D eigenvalue weighted by atomic mass is 35.5. The van der Waals surface area contributed by atoms with Gasteiger partial charge in [0.05, 0.1) is 35.1 Å². The van der Waals surface area contributed by atoms with E-state index in [1.807, 2.05) is 72.5 Å². The largest absolute Gasteiger partial charge is 0.544 e. The minimum Gasteiger partial charge on any atom is -0.544 e. The number of para-hydroxylation sites is 1. The van der Waals surface area contributed by atoms with Crippen molar-refractivity contribution >= 4 is 54.0 Å². The first-order valence-corrected chi connectivity index (χ1v) is 24.0. The van der Waals surface area contributed by atoms with Gasteiger partial charge in [0.2, 0.25) is 8.32 Å². The van der Waals surface area contributed by atoms with Gasteiger partial charge in [-0.2, -0.15) is 10.4 Å². The molecule has 0 radical (unpaired) electrons. The van der Waals surface area contributed by atoms with E-state index in [9.17, 15) is 5.26 Å². The van der Waals surface area contributed by atoms with Crippen molar-refractivity contribution in [3.8, 4) is 17.5 Å². The van der Waals surface area contributed by atoms with Crippen molar-refractivity contribution in [1.29, 1.82) is 5.26 Å². The van der Waals surface area contributed by atoms with E-state index in [0.717, 1.165) is 30.1 Å². The molecule has 8 rings (SSSR count). The molecular weight excluding hydrogens is 804 g/mol. The van der Waals surface area contributed by atoms with Crippen molar-refractivity contribution in [2.75, 3.05) is 37.7 Å². The average molecular weight is 856 g/mol. The molecule has 14 heteroatoms. The van der Waals surface area contributed by atoms with Crippen LogP contribution in [-0.2, 0) is 24.8 Å². The number of amides is 2. The van der Waals surface area contributed by atoms with Gasteiger partial charge in [0.15, 0.2) is 11.4 Å². The molecule has 0 bridgehead atoms. The number of aromatic nitrogens is 4. The van der Waals surface area contributed by atoms with Gasteiger partial charge in [0.25, 0.3) is 11.8 Å². The first-order chi connectivity index (χ1) is 29.1. The highest BCUT2D eigenvalue weighted by Gasteiger charge is 2.39. The Hall–Kier alpha value is -5.78. The molecule has 5 heterocycles. The van der Waals surface area contributed by atoms with E-state index in [0.29, 0.717) is 71.4 Å². The Morgan fingerprint density at radius 1 is 0.984 bits per heavy atom. The topological polar surface area (TPSA) is 122 Å². The number of morpholine rings is 1. The number of carbonyl (C=O) groups is 2. The monoisotopic (exact) mass is 854 g/mol. The van der Waals surface area contributed by atoms with E-state index in [1.54, 1.807) is 33.3 Å². The van der Waals surface area contributed by atoms with Crippen LogP contribution in [0.15, 0.2) is 91.1 Å². The van der Waals surface area contributed by atoms with Crippen molar-refractivity contribution < 1.29 is 18.8 Å². The van der Waals surface area contributed by atoms with E-state index >= 15 is 9.59 Å². The summed E-state index contributed by atoms with van der Waals surface area (Å²) >= 11 is 6.68. The van der Waals surface area contributed by atoms with Gasteiger partial charge in [0, 0.05) is 62.2 Å². The number of benzene rings is 3. The summed E-state index contributed by atoms with van der Waals surface area (Å²) in [5, 5.41) is 15.9. The zero-order valence-corrected chi connectivity index (χ0v) is 37.5. The van der Waals surface area contributed by atoms with Crippen LogP contribution in [0.2, 0.25) is 23.2 Å². The first kappa shape index (κ1) is 41.9. The first-order valence-electron chi connectivity index (χ1n) is 20.7. The lowest BCUT2D eigenvalue weighted by molar-refractivity contribution is 0.0191. The Labute approximate surface area is 363 Å². The molecule has 12 nitrogen and oxygen atoms in total. The van der Waals surface area contributed by atoms with Crippen LogP contribution in [0.5, 0.6) is 5.75 Å². The molecule has 0 saturated carbocycles. The molecule has 61 heavy (non-hydrogen) atoms. The highest BCUT2D eigenvalue weighted by Crippen LogP contribution is 2.39. The smallest absolute Gasteiger partial charge is 0.284 e. The van der Waals surface area contributed by atoms with E-state index in [-0.39, 0.29) is 28.4 Å². The lowest BCUT2D eigenvalue weighted by Crippen LogP contribution is -2.52. The molecule has 2 aliphatic rings. The lowest BCUT2D eigenvalue weighted by Gasteiger charge is -2.40. The maximum atomic E-state index is 15.3. The number of pyridine rings is 1. The second-order valence-corrected chi connectivity index (χ2v) is 22.6. The molecule has 3 aromatic carbocycles. The number of hydrogen-bond acceptors (Lipinski definition) is 8. The van der Waals surface area contributed by atoms with Gasteiger partial charge in [0.1, 0.15) is 17.5 Å². The Balaban J connectivity index is 1.22. The molecule has 1 atom stereocenters. The fourth-order valence-corrected chi connectivity index (χ4v) is 9.15. The minimum absolute atomic E-state index is 0.00476. The number of fused-ring (bicyclic) bond motifs is 2. The minimum atomic E-state index is -2.15. The summed E-state index contributed by atoms with van der Waals surface area (Å²) in [4.78, 5) is 40.9. The van der Waals surface area contributed by atoms with Gasteiger partial charge < -0.3 is 18.6 Å². The van der Waals surface area contributed by atoms with Gasteiger partial charge in [-0.1, -0.05) is 74.8 Å². The molecule has 2 aliphatic heterocycles. The van der Waals surface area contributed by atoms with E-state index in [1.165, 1.54) is 11.8 Å². The number of hydrogen-bond donors (Lipinski definition) is 0. The van der Waals surface area contributed by atoms with Crippen LogP contribution < -0.4 is 9.33 Å². The predicted octanol–water partition coefficient (Wildman–Crippen LogP) is 8.85. The number of carbonyl (C=O) groups excluding carboxylic acids is 2. The fraction of sp³-hybridized carbons (Fsp3) is 0.340. The SMILES string of the molecule is Cc1c(N(C(=O)c2nn(-c3cc(Cl)cnc3C(=O)N3Cc4ccccc4C[C@H]3CN3CCOCC3)c3ccccc23)c2ccc(O[Si](C)(C)C(C)(C)C)cc2)cc(C#N)n1C. The Morgan fingerprint density at radius 3 is 2.36 bits per heavy atom. The van der Waals surface area contributed by atoms with Crippen LogP contribution in [0.4, 0.5) is 11.4 Å². The standard InChI is InChI=1S/C47H51ClN8O4Si/c1-31-41(26-36(27-49)52(31)5)55(35-16-18-38(19-17-35)60-61(6,7)47(2,3)4)46(58)43-39-14-10-11-15-40(39)56(51-43)42-25-34(48)28-50-44(42)45(57)54-29-33-13-9-8-12-32(33)24-37(54)30-53-20-22-59-23-21-53/h8-19,25-26,28,37H,20-24,29-30H2,1-7H3/t37-/m0/s1. The van der Waals surface area contributed by atoms with Gasteiger partial charge in [-0.25, -0.2) is 9.67 Å². The third-order valence-corrected chi connectivity index (χ3v) is 17.2. The summed E-state index contributed by atoms with van der Waals surface area (Å²) in [5.41, 5.74) is 5.83. The number of nitriles is 1. The number of ether oxygens (including phenoxy) is 1. The average Bonchev–Trinajstić information content (AvgIpc) is 3.77. The summed E-state index contributed by atoms with van der Waals surface area (Å²) in [7, 11) is -0.343. The van der Waals surface area contributed by atoms with Gasteiger partial charge in [-0.3, -0.25) is 19.4 Å². The molecule has 1 fully saturated rings. The second-order valence-electron chi connectivity index (χ2n) is 17.4. The Kier molecular flexibility index (Phi) is 11.4. The summed E-state index contributed by atoms with van der Waals surface area (Å²) in [5.74, 6) is 0.0414. The molecular formula is C47H51ClN8O4Si. The van der Waals surface area contributed by atoms with Crippen LogP contribution in [0, 0.1) is 18.3 Å². The van der Waals surface area contributed by atoms with Crippen molar-refractivity contribution in [3.05, 3.63) is 130 Å². The molecule has 0 unspecified atom stereocenters. The van der Waals surface area contributed by atoms with Gasteiger partial charge in [-0.05, 0) is 85.1 Å². The fourth-order valence-electron chi connectivity index (χ4n) is 7.97. The van der Waals surface area contributed by atoms with Crippen molar-refractivity contribution in [2.24, 2.45) is 7.05 Å².